The van der Waals surface area contributed by atoms with Crippen LogP contribution in [0.4, 0.5) is 0 Å². The molecule has 0 amide bonds. The van der Waals surface area contributed by atoms with Gasteiger partial charge in [-0.3, -0.25) is 4.18 Å². The molecule has 1 atom stereocenters. The number of aryl methyl sites for hydroxylation is 1. The Morgan fingerprint density at radius 3 is 2.44 bits per heavy atom. The summed E-state index contributed by atoms with van der Waals surface area (Å²) in [6.07, 6.45) is 0. The van der Waals surface area contributed by atoms with Crippen molar-refractivity contribution in [1.82, 2.24) is 0 Å². The van der Waals surface area contributed by atoms with E-state index in [0.29, 0.717) is 6.61 Å². The number of rotatable bonds is 3. The van der Waals surface area contributed by atoms with E-state index in [2.05, 4.69) is 20.8 Å². The maximum Gasteiger partial charge on any atom is 0.189 e. The Morgan fingerprint density at radius 1 is 1.31 bits per heavy atom. The molecule has 0 aliphatic rings. The van der Waals surface area contributed by atoms with Gasteiger partial charge < -0.3 is 0 Å². The summed E-state index contributed by atoms with van der Waals surface area (Å²) in [4.78, 5) is 0.830. The Morgan fingerprint density at radius 2 is 1.94 bits per heavy atom. The molecule has 1 aromatic carbocycles. The van der Waals surface area contributed by atoms with Crippen LogP contribution in [0.1, 0.15) is 38.8 Å². The zero-order valence-electron chi connectivity index (χ0n) is 10.7. The van der Waals surface area contributed by atoms with Crippen molar-refractivity contribution in [2.75, 3.05) is 6.61 Å². The fraction of sp³-hybridized carbons (Fsp3) is 0.538. The Bertz CT molecular complexity index is 391. The molecule has 0 bridgehead atoms. The van der Waals surface area contributed by atoms with Crippen LogP contribution in [-0.2, 0) is 20.7 Å². The van der Waals surface area contributed by atoms with E-state index in [-0.39, 0.29) is 5.41 Å². The molecular weight excluding hydrogens is 220 g/mol. The minimum absolute atomic E-state index is 0.0197. The molecule has 3 heteroatoms. The van der Waals surface area contributed by atoms with Crippen LogP contribution in [0, 0.1) is 6.92 Å². The predicted molar refractivity (Wildman–Crippen MR) is 67.9 cm³/mol. The minimum Gasteiger partial charge on any atom is -0.287 e. The summed E-state index contributed by atoms with van der Waals surface area (Å²) < 4.78 is 17.2. The van der Waals surface area contributed by atoms with Gasteiger partial charge in [0.25, 0.3) is 0 Å². The lowest BCUT2D eigenvalue weighted by Crippen LogP contribution is -2.16. The molecular formula is C13H20O2S. The normalized spacial score (nSPS) is 13.8. The highest BCUT2D eigenvalue weighted by Gasteiger charge is 2.22. The van der Waals surface area contributed by atoms with Crippen LogP contribution in [-0.4, -0.2) is 10.8 Å². The van der Waals surface area contributed by atoms with Crippen LogP contribution in [0.15, 0.2) is 23.1 Å². The summed E-state index contributed by atoms with van der Waals surface area (Å²) in [6.45, 7) is 10.6. The van der Waals surface area contributed by atoms with Crippen LogP contribution in [0.3, 0.4) is 0 Å². The van der Waals surface area contributed by atoms with Gasteiger partial charge in [0.05, 0.1) is 11.5 Å². The van der Waals surface area contributed by atoms with Crippen molar-refractivity contribution in [2.24, 2.45) is 0 Å². The van der Waals surface area contributed by atoms with Gasteiger partial charge in [-0.25, -0.2) is 4.21 Å². The minimum atomic E-state index is -1.35. The van der Waals surface area contributed by atoms with Crippen molar-refractivity contribution >= 4 is 11.1 Å². The van der Waals surface area contributed by atoms with Gasteiger partial charge in [-0.2, -0.15) is 0 Å². The summed E-state index contributed by atoms with van der Waals surface area (Å²) in [7, 11) is 0. The molecule has 0 saturated carbocycles. The van der Waals surface area contributed by atoms with Crippen LogP contribution >= 0.6 is 0 Å². The second kappa shape index (κ2) is 5.11. The monoisotopic (exact) mass is 240 g/mol. The Kier molecular flexibility index (Phi) is 4.28. The highest BCUT2D eigenvalue weighted by atomic mass is 32.2. The lowest BCUT2D eigenvalue weighted by Gasteiger charge is -2.23. The summed E-state index contributed by atoms with van der Waals surface area (Å²) in [5.41, 5.74) is 2.10. The van der Waals surface area contributed by atoms with Crippen molar-refractivity contribution in [2.45, 2.75) is 44.9 Å². The van der Waals surface area contributed by atoms with Crippen molar-refractivity contribution in [3.8, 4) is 0 Å². The van der Waals surface area contributed by atoms with E-state index in [1.54, 1.807) is 0 Å². The molecule has 0 aromatic heterocycles. The third-order valence-electron chi connectivity index (χ3n) is 2.41. The summed E-state index contributed by atoms with van der Waals surface area (Å²) >= 11 is -1.35. The molecule has 0 aliphatic carbocycles. The second-order valence-corrected chi connectivity index (χ2v) is 5.96. The third-order valence-corrected chi connectivity index (χ3v) is 3.74. The third kappa shape index (κ3) is 2.92. The van der Waals surface area contributed by atoms with Gasteiger partial charge in [-0.1, -0.05) is 39.0 Å². The summed E-state index contributed by atoms with van der Waals surface area (Å²) in [6, 6.07) is 6.00. The first kappa shape index (κ1) is 13.4. The van der Waals surface area contributed by atoms with Gasteiger partial charge in [0.2, 0.25) is 0 Å². The maximum absolute atomic E-state index is 12.0. The molecule has 0 N–H and O–H groups in total. The molecule has 1 unspecified atom stereocenters. The fourth-order valence-electron chi connectivity index (χ4n) is 1.63. The molecule has 0 heterocycles. The van der Waals surface area contributed by atoms with Gasteiger partial charge in [0, 0.05) is 0 Å². The van der Waals surface area contributed by atoms with Crippen LogP contribution in [0.5, 0.6) is 0 Å². The van der Waals surface area contributed by atoms with E-state index < -0.39 is 11.1 Å². The molecule has 2 nitrogen and oxygen atoms in total. The van der Waals surface area contributed by atoms with Gasteiger partial charge in [0.1, 0.15) is 0 Å². The lowest BCUT2D eigenvalue weighted by molar-refractivity contribution is 0.370. The van der Waals surface area contributed by atoms with E-state index >= 15 is 0 Å². The second-order valence-electron chi connectivity index (χ2n) is 4.84. The average molecular weight is 240 g/mol. The molecule has 0 radical (unpaired) electrons. The highest BCUT2D eigenvalue weighted by Crippen LogP contribution is 2.30. The predicted octanol–water partition coefficient (Wildman–Crippen LogP) is 3.35. The Labute approximate surface area is 101 Å². The van der Waals surface area contributed by atoms with E-state index in [0.717, 1.165) is 16.0 Å². The Hall–Kier alpha value is -0.670. The molecule has 0 spiro atoms. The average Bonchev–Trinajstić information content (AvgIpc) is 2.16. The van der Waals surface area contributed by atoms with Gasteiger partial charge >= 0.3 is 0 Å². The van der Waals surface area contributed by atoms with E-state index in [4.69, 9.17) is 4.18 Å². The van der Waals surface area contributed by atoms with Crippen molar-refractivity contribution < 1.29 is 8.39 Å². The van der Waals surface area contributed by atoms with Crippen molar-refractivity contribution in [3.05, 3.63) is 29.3 Å². The molecule has 0 saturated heterocycles. The summed E-state index contributed by atoms with van der Waals surface area (Å²) in [5.74, 6) is 0. The molecule has 1 rings (SSSR count). The van der Waals surface area contributed by atoms with Gasteiger partial charge in [0.15, 0.2) is 11.1 Å². The number of hydrogen-bond acceptors (Lipinski definition) is 2. The molecule has 0 fully saturated rings. The quantitative estimate of drug-likeness (QED) is 0.810. The molecule has 16 heavy (non-hydrogen) atoms. The lowest BCUT2D eigenvalue weighted by atomic mass is 9.86. The zero-order chi connectivity index (χ0) is 12.3. The van der Waals surface area contributed by atoms with E-state index in [1.165, 1.54) is 0 Å². The highest BCUT2D eigenvalue weighted by molar-refractivity contribution is 7.80. The molecule has 0 aliphatic heterocycles. The first-order valence-electron chi connectivity index (χ1n) is 5.53. The van der Waals surface area contributed by atoms with Crippen LogP contribution in [0.2, 0.25) is 0 Å². The standard InChI is InChI=1S/C13H20O2S/c1-6-15-16(14)12-10(2)8-7-9-11(12)13(3,4)5/h7-9H,6H2,1-5H3. The topological polar surface area (TPSA) is 26.3 Å². The van der Waals surface area contributed by atoms with E-state index in [9.17, 15) is 4.21 Å². The maximum atomic E-state index is 12.0. The van der Waals surface area contributed by atoms with Gasteiger partial charge in [-0.15, -0.1) is 0 Å². The van der Waals surface area contributed by atoms with Crippen molar-refractivity contribution in [3.63, 3.8) is 0 Å². The SMILES string of the molecule is CCOS(=O)c1c(C)cccc1C(C)(C)C. The summed E-state index contributed by atoms with van der Waals surface area (Å²) in [5, 5.41) is 0. The smallest absolute Gasteiger partial charge is 0.189 e. The van der Waals surface area contributed by atoms with Crippen molar-refractivity contribution in [1.29, 1.82) is 0 Å². The first-order chi connectivity index (χ1) is 7.38. The molecule has 90 valence electrons. The first-order valence-corrected chi connectivity index (χ1v) is 6.60. The Balaban J connectivity index is 3.30. The zero-order valence-corrected chi connectivity index (χ0v) is 11.5. The fourth-order valence-corrected chi connectivity index (χ4v) is 2.85. The largest absolute Gasteiger partial charge is 0.287 e. The van der Waals surface area contributed by atoms with E-state index in [1.807, 2.05) is 32.0 Å². The van der Waals surface area contributed by atoms with Crippen LogP contribution in [0.25, 0.3) is 0 Å². The number of benzene rings is 1. The van der Waals surface area contributed by atoms with Gasteiger partial charge in [-0.05, 0) is 30.4 Å². The molecule has 1 aromatic rings. The number of hydrogen-bond donors (Lipinski definition) is 0. The van der Waals surface area contributed by atoms with Crippen LogP contribution < -0.4 is 0 Å².